The fourth-order valence-corrected chi connectivity index (χ4v) is 16.7. The number of carboxylic acids is 1. The molecule has 0 spiro atoms. The zero-order valence-electron chi connectivity index (χ0n) is 72.7. The number of aliphatic hydroxyl groups is 6. The number of fused-ring (bicyclic) bond motifs is 15. The normalized spacial score (nSPS) is 28.4. The average Bonchev–Trinajstić information content (AvgIpc) is 0.759. The lowest BCUT2D eigenvalue weighted by Gasteiger charge is -2.48. The summed E-state index contributed by atoms with van der Waals surface area (Å²) in [5, 5.41) is 138. The first-order valence-electron chi connectivity index (χ1n) is 41.6. The van der Waals surface area contributed by atoms with Gasteiger partial charge in [0.05, 0.1) is 53.5 Å². The van der Waals surface area contributed by atoms with Crippen molar-refractivity contribution in [2.24, 2.45) is 17.4 Å². The van der Waals surface area contributed by atoms with E-state index >= 15 is 24.0 Å². The summed E-state index contributed by atoms with van der Waals surface area (Å²) in [6, 6.07) is 14.5. The van der Waals surface area contributed by atoms with Crippen molar-refractivity contribution >= 4 is 97.8 Å². The van der Waals surface area contributed by atoms with Crippen LogP contribution in [0.3, 0.4) is 0 Å². The molecular weight excluding hydrogens is 1890 g/mol. The fourth-order valence-electron chi connectivity index (χ4n) is 16.2. The number of nitrogens with two attached hydrogens (primary N) is 2. The van der Waals surface area contributed by atoms with E-state index in [4.69, 9.17) is 123 Å². The van der Waals surface area contributed by atoms with Crippen LogP contribution >= 0.6 is 50.4 Å². The van der Waals surface area contributed by atoms with Crippen molar-refractivity contribution in [2.45, 2.75) is 207 Å². The van der Waals surface area contributed by atoms with Crippen molar-refractivity contribution < 1.29 is 166 Å². The van der Waals surface area contributed by atoms with Crippen LogP contribution in [0.15, 0.2) is 127 Å². The molecule has 0 radical (unpaired) electrons. The van der Waals surface area contributed by atoms with Gasteiger partial charge in [-0.15, -0.1) is 0 Å². The van der Waals surface area contributed by atoms with Gasteiger partial charge in [-0.3, -0.25) is 33.6 Å². The molecule has 22 atom stereocenters. The summed E-state index contributed by atoms with van der Waals surface area (Å²) >= 11 is 20.8. The molecule has 8 heterocycles. The first-order valence-corrected chi connectivity index (χ1v) is 45.9. The molecule has 0 aromatic heterocycles. The quantitative estimate of drug-likeness (QED) is 0.0517. The smallest absolute Gasteiger partial charge is 0.466 e. The number of halogens is 3. The number of amides is 7. The standard InChI is InChI=1S/C86H97Cl3N10O26.2H3O4P/c1-35(2)22-51(92-7)77(110)98-67-69(105)42-15-20-55(49(88)24-42)120-57-26-44-27-58(73(57)125-84-74(71(107)70(106)59(34-100)122-84)124-62-32-86(6,76(109)37(4)119-62)93-33-38-8-10-39(11-9-38)40-12-17-45(87)18-13-40)121-56-21-16-43(25-50(56)89)72(123-61-31-85(5,91)75(108)36(3)118-61)68-82(115)97-66(83(116)117)48-28-46(101)29-54(103)63(48)47-23-41(14-19-53(47)102)64(79(112)99-68)96-80(113)65(44)95-78(111)52(30-60(90)104)94-81(67)114;2*1-5(2,3)4/h8-21,23-29,35-37,51-52,59,61-62,64-72,74-76,84,92-93,100-103,105-109H,22,30-34,91H2,1-7H3,(H2,90,104)(H,94,114)(H,95,111)(H,96,113)(H,97,115)(H,98,110)(H,99,112)(H,116,117);2*(H3,1,2,3,4). The highest BCUT2D eigenvalue weighted by Gasteiger charge is 2.53. The third-order valence-electron chi connectivity index (χ3n) is 22.9. The van der Waals surface area contributed by atoms with Crippen LogP contribution < -0.4 is 68.2 Å². The predicted octanol–water partition coefficient (Wildman–Crippen LogP) is 2.64. The molecule has 0 saturated carbocycles. The van der Waals surface area contributed by atoms with Crippen LogP contribution in [0.1, 0.15) is 131 Å². The largest absolute Gasteiger partial charge is 0.508 e. The number of carboxylic acid groups (broad SMARTS) is 1. The van der Waals surface area contributed by atoms with E-state index in [1.807, 2.05) is 50.2 Å². The van der Waals surface area contributed by atoms with Gasteiger partial charge in [0, 0.05) is 58.2 Å². The van der Waals surface area contributed by atoms with Gasteiger partial charge < -0.3 is 172 Å². The molecule has 135 heavy (non-hydrogen) atoms. The number of likely N-dealkylation sites (N-methyl/N-ethyl adjacent to an activating group) is 1. The van der Waals surface area contributed by atoms with Gasteiger partial charge in [-0.2, -0.15) is 0 Å². The molecule has 0 aliphatic carbocycles. The second-order valence-electron chi connectivity index (χ2n) is 33.7. The molecule has 8 aliphatic rings. The van der Waals surface area contributed by atoms with E-state index in [1.165, 1.54) is 51.2 Å². The van der Waals surface area contributed by atoms with Crippen LogP contribution in [0.5, 0.6) is 46.0 Å². The molecule has 15 rings (SSSR count). The maximum atomic E-state index is 16.6. The van der Waals surface area contributed by atoms with Gasteiger partial charge in [-0.05, 0) is 153 Å². The summed E-state index contributed by atoms with van der Waals surface area (Å²) in [6.45, 7) is 9.06. The highest BCUT2D eigenvalue weighted by atomic mass is 35.5. The SMILES string of the molecule is CNC(CC(C)C)C(=O)NC1C(=O)NC(CC(N)=O)C(=O)NC2C(=O)NC3C(=O)NC(C(=O)NC(C(=O)O)c4cc(O)cc(O)c4-c4cc3ccc4O)C(OC3CC(C)(N)C(O)C(C)O3)c3ccc(c(Cl)c3)Oc3cc2cc(c3OC2OC(CO)C(O)C(O)C2OC2CC(C)(NCc3ccc(-c4ccc(Cl)cc4)cc3)C(O)C(C)O2)Oc2ccc(cc2Cl)C1O.O=P(O)(O)O.O=P(O)(O)O. The molecule has 11 bridgehead atoms. The second-order valence-corrected chi connectivity index (χ2v) is 37.1. The second kappa shape index (κ2) is 43.5. The van der Waals surface area contributed by atoms with E-state index in [-0.39, 0.29) is 59.2 Å². The van der Waals surface area contributed by atoms with E-state index in [9.17, 15) is 65.4 Å². The van der Waals surface area contributed by atoms with Gasteiger partial charge >= 0.3 is 21.6 Å². The summed E-state index contributed by atoms with van der Waals surface area (Å²) in [5.74, 6) is -16.1. The minimum Gasteiger partial charge on any atom is -0.508 e. The Kier molecular flexibility index (Phi) is 33.9. The molecule has 44 nitrogen and oxygen atoms in total. The number of aromatic hydroxyl groups is 3. The van der Waals surface area contributed by atoms with E-state index in [2.05, 4.69) is 42.5 Å². The van der Waals surface area contributed by atoms with Crippen molar-refractivity contribution in [3.8, 4) is 68.2 Å². The van der Waals surface area contributed by atoms with Crippen molar-refractivity contribution in [1.82, 2.24) is 42.5 Å². The minimum absolute atomic E-state index is 0.119. The highest BCUT2D eigenvalue weighted by molar-refractivity contribution is 7.45. The Balaban J connectivity index is 0.00000166. The van der Waals surface area contributed by atoms with E-state index in [0.29, 0.717) is 5.02 Å². The van der Waals surface area contributed by atoms with E-state index < -0.39 is 277 Å². The van der Waals surface area contributed by atoms with E-state index in [1.54, 1.807) is 26.0 Å². The fraction of sp³-hybridized carbons (Fsp3) is 0.419. The Morgan fingerprint density at radius 3 is 1.73 bits per heavy atom. The number of aliphatic hydroxyl groups excluding tert-OH is 6. The monoisotopic (exact) mass is 1990 g/mol. The summed E-state index contributed by atoms with van der Waals surface area (Å²) in [6.07, 6.45) is -23.0. The van der Waals surface area contributed by atoms with Gasteiger partial charge in [-0.25, -0.2) is 13.9 Å². The number of phenolic OH excluding ortho intramolecular Hbond substituents is 3. The molecule has 3 saturated heterocycles. The molecule has 732 valence electrons. The highest BCUT2D eigenvalue weighted by Crippen LogP contribution is 2.51. The predicted molar refractivity (Wildman–Crippen MR) is 474 cm³/mol. The van der Waals surface area contributed by atoms with Gasteiger partial charge in [-0.1, -0.05) is 103 Å². The Bertz CT molecular complexity index is 5620. The van der Waals surface area contributed by atoms with Crippen LogP contribution in [0.25, 0.3) is 22.3 Å². The van der Waals surface area contributed by atoms with Crippen molar-refractivity contribution in [3.05, 3.63) is 176 Å². The summed E-state index contributed by atoms with van der Waals surface area (Å²) in [7, 11) is -7.80. The first kappa shape index (κ1) is 105. The number of carbonyl (C=O) groups excluding carboxylic acids is 7. The van der Waals surface area contributed by atoms with Gasteiger partial charge in [0.1, 0.15) is 89.5 Å². The van der Waals surface area contributed by atoms with Crippen molar-refractivity contribution in [2.75, 3.05) is 13.7 Å². The molecule has 28 N–H and O–H groups in total. The lowest BCUT2D eigenvalue weighted by atomic mass is 9.84. The van der Waals surface area contributed by atoms with Crippen LogP contribution in [0.2, 0.25) is 15.1 Å². The Morgan fingerprint density at radius 2 is 1.16 bits per heavy atom. The van der Waals surface area contributed by atoms with Crippen LogP contribution in [-0.2, 0) is 77.7 Å². The van der Waals surface area contributed by atoms with E-state index in [0.717, 1.165) is 65.2 Å². The number of nitrogens with one attached hydrogen (secondary N) is 8. The summed E-state index contributed by atoms with van der Waals surface area (Å²) in [5.41, 5.74) is 9.60. The summed E-state index contributed by atoms with van der Waals surface area (Å²) < 4.78 is 70.7. The van der Waals surface area contributed by atoms with Crippen LogP contribution in [0.4, 0.5) is 0 Å². The minimum atomic E-state index is -4.64. The molecule has 22 unspecified atom stereocenters. The zero-order valence-corrected chi connectivity index (χ0v) is 76.7. The first-order chi connectivity index (χ1) is 63.2. The molecule has 7 amide bonds. The Hall–Kier alpha value is -10.4. The van der Waals surface area contributed by atoms with Gasteiger partial charge in [0.15, 0.2) is 36.2 Å². The molecule has 7 aromatic carbocycles. The number of hydrogen-bond acceptors (Lipinski definition) is 30. The van der Waals surface area contributed by atoms with Gasteiger partial charge in [0.25, 0.3) is 0 Å². The Labute approximate surface area is 784 Å². The number of hydrogen-bond donors (Lipinski definition) is 26. The van der Waals surface area contributed by atoms with Crippen molar-refractivity contribution in [3.63, 3.8) is 0 Å². The van der Waals surface area contributed by atoms with Crippen molar-refractivity contribution in [1.29, 1.82) is 0 Å². The average molecular weight is 1990 g/mol. The molecule has 7 aromatic rings. The van der Waals surface area contributed by atoms with Gasteiger partial charge in [0.2, 0.25) is 53.4 Å². The number of aliphatic carboxylic acids is 1. The number of phenols is 3. The topological polar surface area (TPSA) is 717 Å². The number of carbonyl (C=O) groups is 8. The van der Waals surface area contributed by atoms with Crippen LogP contribution in [0, 0.1) is 5.92 Å². The number of primary amides is 1. The molecule has 8 aliphatic heterocycles. The lowest BCUT2D eigenvalue weighted by Crippen LogP contribution is -2.65. The maximum absolute atomic E-state index is 16.6. The number of ether oxygens (including phenoxy) is 8. The third kappa shape index (κ3) is 26.1. The van der Waals surface area contributed by atoms with Crippen LogP contribution in [-0.4, -0.2) is 244 Å². The summed E-state index contributed by atoms with van der Waals surface area (Å²) in [4.78, 5) is 164. The zero-order chi connectivity index (χ0) is 99.3. The number of rotatable bonds is 19. The molecule has 49 heteroatoms. The third-order valence-corrected chi connectivity index (χ3v) is 23.8. The number of phosphoric acid groups is 2. The Morgan fingerprint density at radius 1 is 0.615 bits per heavy atom. The molecular formula is C86H103Cl3N10O34P2. The molecule has 3 fully saturated rings. The lowest BCUT2D eigenvalue weighted by molar-refractivity contribution is -0.334. The maximum Gasteiger partial charge on any atom is 0.466 e. The number of benzene rings is 7.